The summed E-state index contributed by atoms with van der Waals surface area (Å²) >= 11 is 0. The van der Waals surface area contributed by atoms with Crippen LogP contribution >= 0.6 is 0 Å². The van der Waals surface area contributed by atoms with E-state index in [9.17, 15) is 0 Å². The molecule has 0 N–H and O–H groups in total. The van der Waals surface area contributed by atoms with Crippen LogP contribution in [0.15, 0.2) is 73.9 Å². The van der Waals surface area contributed by atoms with E-state index >= 15 is 0 Å². The third kappa shape index (κ3) is 3.92. The van der Waals surface area contributed by atoms with E-state index in [1.807, 2.05) is 24.3 Å². The summed E-state index contributed by atoms with van der Waals surface area (Å²) in [5, 5.41) is 0. The van der Waals surface area contributed by atoms with Crippen molar-refractivity contribution in [3.63, 3.8) is 0 Å². The molecule has 0 aliphatic carbocycles. The van der Waals surface area contributed by atoms with Crippen LogP contribution in [0.4, 0.5) is 0 Å². The number of benzene rings is 1. The summed E-state index contributed by atoms with van der Waals surface area (Å²) in [5.41, 5.74) is 3.99. The molecular formula is C17H20. The first kappa shape index (κ1) is 13.2. The van der Waals surface area contributed by atoms with E-state index in [-0.39, 0.29) is 0 Å². The third-order valence-corrected chi connectivity index (χ3v) is 2.68. The molecule has 0 saturated heterocycles. The minimum atomic E-state index is 0.890. The molecule has 1 aromatic carbocycles. The maximum Gasteiger partial charge on any atom is -0.00944 e. The predicted octanol–water partition coefficient (Wildman–Crippen LogP) is 5.17. The van der Waals surface area contributed by atoms with Gasteiger partial charge in [0.15, 0.2) is 0 Å². The zero-order valence-electron chi connectivity index (χ0n) is 10.4. The van der Waals surface area contributed by atoms with Crippen molar-refractivity contribution in [1.82, 2.24) is 0 Å². The standard InChI is InChI=1S/C17H20/c1-4-10-15(11-5-2)17(12-6-3)16-13-8-7-9-14-16/h4-9,13-14H,1-3,10-12H2. The number of hydrogen-bond donors (Lipinski definition) is 0. The molecule has 0 heterocycles. The van der Waals surface area contributed by atoms with Gasteiger partial charge in [0, 0.05) is 0 Å². The van der Waals surface area contributed by atoms with E-state index in [1.54, 1.807) is 0 Å². The van der Waals surface area contributed by atoms with Crippen LogP contribution in [0, 0.1) is 0 Å². The lowest BCUT2D eigenvalue weighted by molar-refractivity contribution is 1.10. The van der Waals surface area contributed by atoms with Crippen molar-refractivity contribution in [2.24, 2.45) is 0 Å². The topological polar surface area (TPSA) is 0 Å². The molecule has 0 bridgehead atoms. The molecule has 0 aliphatic rings. The highest BCUT2D eigenvalue weighted by Crippen LogP contribution is 2.27. The molecule has 0 amide bonds. The van der Waals surface area contributed by atoms with Gasteiger partial charge in [0.05, 0.1) is 0 Å². The number of hydrogen-bond acceptors (Lipinski definition) is 0. The molecule has 0 fully saturated rings. The number of rotatable bonds is 7. The van der Waals surface area contributed by atoms with Gasteiger partial charge in [-0.25, -0.2) is 0 Å². The van der Waals surface area contributed by atoms with Gasteiger partial charge in [0.1, 0.15) is 0 Å². The van der Waals surface area contributed by atoms with E-state index in [0.717, 1.165) is 19.3 Å². The van der Waals surface area contributed by atoms with Gasteiger partial charge in [0.2, 0.25) is 0 Å². The van der Waals surface area contributed by atoms with Crippen molar-refractivity contribution in [2.45, 2.75) is 19.3 Å². The first-order chi connectivity index (χ1) is 8.33. The van der Waals surface area contributed by atoms with E-state index in [4.69, 9.17) is 0 Å². The number of allylic oxidation sites excluding steroid dienone is 5. The molecule has 0 saturated carbocycles. The summed E-state index contributed by atoms with van der Waals surface area (Å²) < 4.78 is 0. The van der Waals surface area contributed by atoms with Gasteiger partial charge >= 0.3 is 0 Å². The summed E-state index contributed by atoms with van der Waals surface area (Å²) in [6.45, 7) is 11.5. The van der Waals surface area contributed by atoms with Crippen LogP contribution in [0.1, 0.15) is 24.8 Å². The van der Waals surface area contributed by atoms with E-state index < -0.39 is 0 Å². The average Bonchev–Trinajstić information content (AvgIpc) is 2.37. The van der Waals surface area contributed by atoms with Crippen molar-refractivity contribution in [1.29, 1.82) is 0 Å². The van der Waals surface area contributed by atoms with E-state index in [0.29, 0.717) is 0 Å². The van der Waals surface area contributed by atoms with Gasteiger partial charge < -0.3 is 0 Å². The average molecular weight is 224 g/mol. The van der Waals surface area contributed by atoms with Crippen LogP contribution < -0.4 is 0 Å². The van der Waals surface area contributed by atoms with Crippen LogP contribution in [0.3, 0.4) is 0 Å². The van der Waals surface area contributed by atoms with Crippen molar-refractivity contribution in [3.05, 3.63) is 79.4 Å². The Morgan fingerprint density at radius 2 is 1.35 bits per heavy atom. The second kappa shape index (κ2) is 7.45. The summed E-state index contributed by atoms with van der Waals surface area (Å²) in [6, 6.07) is 10.5. The van der Waals surface area contributed by atoms with Gasteiger partial charge in [-0.15, -0.1) is 19.7 Å². The second-order valence-electron chi connectivity index (χ2n) is 3.93. The Hall–Kier alpha value is -1.82. The fourth-order valence-corrected chi connectivity index (χ4v) is 1.93. The molecule has 0 heteroatoms. The summed E-state index contributed by atoms with van der Waals surface area (Å²) in [6.07, 6.45) is 8.55. The smallest absolute Gasteiger partial charge is 0.00944 e. The molecule has 1 aromatic rings. The van der Waals surface area contributed by atoms with Crippen LogP contribution in [0.25, 0.3) is 5.57 Å². The molecule has 1 rings (SSSR count). The minimum Gasteiger partial charge on any atom is -0.103 e. The zero-order chi connectivity index (χ0) is 12.5. The first-order valence-corrected chi connectivity index (χ1v) is 5.92. The Bertz CT molecular complexity index is 395. The fourth-order valence-electron chi connectivity index (χ4n) is 1.93. The van der Waals surface area contributed by atoms with E-state index in [2.05, 4.69) is 44.0 Å². The maximum atomic E-state index is 3.84. The van der Waals surface area contributed by atoms with Crippen molar-refractivity contribution < 1.29 is 0 Å². The van der Waals surface area contributed by atoms with Gasteiger partial charge in [-0.2, -0.15) is 0 Å². The molecule has 0 radical (unpaired) electrons. The Labute approximate surface area is 105 Å². The van der Waals surface area contributed by atoms with Gasteiger partial charge in [-0.3, -0.25) is 0 Å². The molecule has 0 atom stereocenters. The van der Waals surface area contributed by atoms with Crippen LogP contribution in [-0.4, -0.2) is 0 Å². The van der Waals surface area contributed by atoms with Crippen molar-refractivity contribution in [2.75, 3.05) is 0 Å². The molecule has 0 nitrogen and oxygen atoms in total. The Kier molecular flexibility index (Phi) is 5.81. The molecular weight excluding hydrogens is 204 g/mol. The summed E-state index contributed by atoms with van der Waals surface area (Å²) in [5.74, 6) is 0. The monoisotopic (exact) mass is 224 g/mol. The SMILES string of the molecule is C=CCC(CC=C)=C(CC=C)c1ccccc1. The quantitative estimate of drug-likeness (QED) is 0.560. The van der Waals surface area contributed by atoms with Crippen LogP contribution in [0.5, 0.6) is 0 Å². The lowest BCUT2D eigenvalue weighted by Crippen LogP contribution is -1.91. The van der Waals surface area contributed by atoms with Crippen LogP contribution in [-0.2, 0) is 0 Å². The molecule has 88 valence electrons. The normalized spacial score (nSPS) is 9.41. The predicted molar refractivity (Wildman–Crippen MR) is 77.8 cm³/mol. The molecule has 17 heavy (non-hydrogen) atoms. The Balaban J connectivity index is 3.19. The van der Waals surface area contributed by atoms with Crippen molar-refractivity contribution in [3.8, 4) is 0 Å². The summed E-state index contributed by atoms with van der Waals surface area (Å²) in [4.78, 5) is 0. The second-order valence-corrected chi connectivity index (χ2v) is 3.93. The summed E-state index contributed by atoms with van der Waals surface area (Å²) in [7, 11) is 0. The minimum absolute atomic E-state index is 0.890. The Morgan fingerprint density at radius 1 is 0.824 bits per heavy atom. The highest BCUT2D eigenvalue weighted by atomic mass is 14.1. The zero-order valence-corrected chi connectivity index (χ0v) is 10.4. The molecule has 0 spiro atoms. The fraction of sp³-hybridized carbons (Fsp3) is 0.176. The molecule has 0 aromatic heterocycles. The van der Waals surface area contributed by atoms with Gasteiger partial charge in [0.25, 0.3) is 0 Å². The van der Waals surface area contributed by atoms with Crippen molar-refractivity contribution >= 4 is 5.57 Å². The lowest BCUT2D eigenvalue weighted by Gasteiger charge is -2.12. The molecule has 0 unspecified atom stereocenters. The third-order valence-electron chi connectivity index (χ3n) is 2.68. The highest BCUT2D eigenvalue weighted by Gasteiger charge is 2.05. The Morgan fingerprint density at radius 3 is 1.82 bits per heavy atom. The van der Waals surface area contributed by atoms with Gasteiger partial charge in [-0.1, -0.05) is 54.1 Å². The maximum absolute atomic E-state index is 3.84. The highest BCUT2D eigenvalue weighted by molar-refractivity contribution is 5.70. The van der Waals surface area contributed by atoms with Gasteiger partial charge in [-0.05, 0) is 30.4 Å². The molecule has 0 aliphatic heterocycles. The first-order valence-electron chi connectivity index (χ1n) is 5.92. The van der Waals surface area contributed by atoms with Crippen LogP contribution in [0.2, 0.25) is 0 Å². The van der Waals surface area contributed by atoms with E-state index in [1.165, 1.54) is 16.7 Å². The largest absolute Gasteiger partial charge is 0.103 e. The lowest BCUT2D eigenvalue weighted by atomic mass is 9.93.